The summed E-state index contributed by atoms with van der Waals surface area (Å²) in [6.45, 7) is 2.41. The van der Waals surface area contributed by atoms with Crippen LogP contribution in [0.5, 0.6) is 0 Å². The molecule has 72 valence electrons. The van der Waals surface area contributed by atoms with Crippen LogP contribution < -0.4 is 5.73 Å². The predicted molar refractivity (Wildman–Crippen MR) is 51.8 cm³/mol. The van der Waals surface area contributed by atoms with Crippen LogP contribution in [0.2, 0.25) is 0 Å². The van der Waals surface area contributed by atoms with Crippen LogP contribution in [0.3, 0.4) is 0 Å². The third-order valence-corrected chi connectivity index (χ3v) is 1.90. The van der Waals surface area contributed by atoms with E-state index in [-0.39, 0.29) is 0 Å². The maximum atomic E-state index is 5.49. The van der Waals surface area contributed by atoms with E-state index >= 15 is 0 Å². The quantitative estimate of drug-likeness (QED) is 0.743. The van der Waals surface area contributed by atoms with Crippen LogP contribution in [0.25, 0.3) is 5.82 Å². The zero-order valence-electron chi connectivity index (χ0n) is 7.88. The van der Waals surface area contributed by atoms with Gasteiger partial charge < -0.3 is 5.73 Å². The van der Waals surface area contributed by atoms with Gasteiger partial charge in [-0.05, 0) is 6.92 Å². The van der Waals surface area contributed by atoms with Crippen LogP contribution in [0.4, 0.5) is 0 Å². The second-order valence-electron chi connectivity index (χ2n) is 3.01. The van der Waals surface area contributed by atoms with Gasteiger partial charge in [0.1, 0.15) is 6.33 Å². The van der Waals surface area contributed by atoms with E-state index in [1.54, 1.807) is 10.9 Å². The summed E-state index contributed by atoms with van der Waals surface area (Å²) in [6, 6.07) is 1.87. The third-order valence-electron chi connectivity index (χ3n) is 1.90. The van der Waals surface area contributed by atoms with Crippen molar-refractivity contribution in [3.05, 3.63) is 36.0 Å². The average Bonchev–Trinajstić information content (AvgIpc) is 2.66. The Kier molecular flexibility index (Phi) is 2.24. The zero-order chi connectivity index (χ0) is 9.97. The molecule has 0 saturated heterocycles. The first-order valence-corrected chi connectivity index (χ1v) is 4.32. The highest BCUT2D eigenvalue weighted by atomic mass is 15.3. The summed E-state index contributed by atoms with van der Waals surface area (Å²) >= 11 is 0. The van der Waals surface area contributed by atoms with E-state index in [1.807, 2.05) is 19.2 Å². The molecule has 0 atom stereocenters. The van der Waals surface area contributed by atoms with Gasteiger partial charge in [-0.15, -0.1) is 0 Å². The zero-order valence-corrected chi connectivity index (χ0v) is 7.88. The predicted octanol–water partition coefficient (Wildman–Crippen LogP) is 0.429. The Hall–Kier alpha value is -1.75. The van der Waals surface area contributed by atoms with E-state index in [0.717, 1.165) is 17.1 Å². The first-order valence-electron chi connectivity index (χ1n) is 4.32. The van der Waals surface area contributed by atoms with E-state index in [2.05, 4.69) is 15.1 Å². The highest BCUT2D eigenvalue weighted by Gasteiger charge is 2.00. The van der Waals surface area contributed by atoms with E-state index < -0.39 is 0 Å². The first-order chi connectivity index (χ1) is 6.79. The minimum atomic E-state index is 0.490. The summed E-state index contributed by atoms with van der Waals surface area (Å²) in [5, 5.41) is 4.14. The van der Waals surface area contributed by atoms with Gasteiger partial charge in [-0.3, -0.25) is 0 Å². The molecule has 2 aromatic rings. The lowest BCUT2D eigenvalue weighted by Gasteiger charge is -1.99. The summed E-state index contributed by atoms with van der Waals surface area (Å²) in [5.41, 5.74) is 7.39. The molecule has 0 fully saturated rings. The van der Waals surface area contributed by atoms with Crippen molar-refractivity contribution in [3.63, 3.8) is 0 Å². The number of rotatable bonds is 2. The number of hydrogen-bond acceptors (Lipinski definition) is 4. The van der Waals surface area contributed by atoms with Crippen molar-refractivity contribution >= 4 is 0 Å². The van der Waals surface area contributed by atoms with Crippen molar-refractivity contribution in [2.45, 2.75) is 13.5 Å². The van der Waals surface area contributed by atoms with Crippen molar-refractivity contribution in [2.75, 3.05) is 0 Å². The molecular weight excluding hydrogens is 178 g/mol. The summed E-state index contributed by atoms with van der Waals surface area (Å²) in [6.07, 6.45) is 5.12. The Morgan fingerprint density at radius 2 is 2.29 bits per heavy atom. The number of nitrogens with two attached hydrogens (primary N) is 1. The molecule has 5 nitrogen and oxygen atoms in total. The van der Waals surface area contributed by atoms with Gasteiger partial charge in [0, 0.05) is 30.1 Å². The van der Waals surface area contributed by atoms with Gasteiger partial charge in [0.05, 0.1) is 6.20 Å². The molecule has 0 spiro atoms. The van der Waals surface area contributed by atoms with Crippen molar-refractivity contribution in [1.29, 1.82) is 0 Å². The fourth-order valence-electron chi connectivity index (χ4n) is 1.16. The topological polar surface area (TPSA) is 69.6 Å². The minimum absolute atomic E-state index is 0.490. The number of hydrogen-bond donors (Lipinski definition) is 1. The van der Waals surface area contributed by atoms with Gasteiger partial charge in [0.25, 0.3) is 0 Å². The molecule has 0 bridgehead atoms. The van der Waals surface area contributed by atoms with Crippen molar-refractivity contribution in [1.82, 2.24) is 19.7 Å². The van der Waals surface area contributed by atoms with Crippen LogP contribution in [0.1, 0.15) is 11.3 Å². The highest BCUT2D eigenvalue weighted by molar-refractivity contribution is 5.23. The van der Waals surface area contributed by atoms with Gasteiger partial charge in [-0.1, -0.05) is 0 Å². The smallest absolute Gasteiger partial charge is 0.156 e. The largest absolute Gasteiger partial charge is 0.326 e. The van der Waals surface area contributed by atoms with Crippen molar-refractivity contribution in [3.8, 4) is 5.82 Å². The Labute approximate surface area is 81.6 Å². The van der Waals surface area contributed by atoms with Crippen LogP contribution >= 0.6 is 0 Å². The molecule has 2 N–H and O–H groups in total. The lowest BCUT2D eigenvalue weighted by Crippen LogP contribution is -1.99. The molecule has 5 heteroatoms. The second kappa shape index (κ2) is 3.55. The molecule has 0 aliphatic rings. The van der Waals surface area contributed by atoms with E-state index in [1.165, 1.54) is 6.33 Å². The summed E-state index contributed by atoms with van der Waals surface area (Å²) in [4.78, 5) is 8.12. The molecule has 0 aliphatic heterocycles. The average molecular weight is 189 g/mol. The molecule has 2 heterocycles. The summed E-state index contributed by atoms with van der Waals surface area (Å²) in [5.74, 6) is 0.761. The molecule has 0 unspecified atom stereocenters. The molecule has 14 heavy (non-hydrogen) atoms. The Bertz CT molecular complexity index is 434. The monoisotopic (exact) mass is 189 g/mol. The van der Waals surface area contributed by atoms with Crippen molar-refractivity contribution < 1.29 is 0 Å². The third kappa shape index (κ3) is 1.62. The van der Waals surface area contributed by atoms with Gasteiger partial charge in [0.2, 0.25) is 0 Å². The fourth-order valence-corrected chi connectivity index (χ4v) is 1.16. The second-order valence-corrected chi connectivity index (χ2v) is 3.01. The van der Waals surface area contributed by atoms with Crippen LogP contribution in [0, 0.1) is 6.92 Å². The summed E-state index contributed by atoms with van der Waals surface area (Å²) in [7, 11) is 0. The minimum Gasteiger partial charge on any atom is -0.326 e. The Morgan fingerprint density at radius 3 is 2.93 bits per heavy atom. The molecular formula is C9H11N5. The maximum absolute atomic E-state index is 5.49. The standard InChI is InChI=1S/C9H11N5/c1-7-2-9(12-6-11-7)14-5-8(3-10)4-13-14/h2,4-6H,3,10H2,1H3. The molecule has 0 amide bonds. The molecule has 0 saturated carbocycles. The first kappa shape index (κ1) is 8.83. The summed E-state index contributed by atoms with van der Waals surface area (Å²) < 4.78 is 1.69. The lowest BCUT2D eigenvalue weighted by atomic mass is 10.4. The Morgan fingerprint density at radius 1 is 1.43 bits per heavy atom. The molecule has 2 rings (SSSR count). The lowest BCUT2D eigenvalue weighted by molar-refractivity contribution is 0.834. The number of nitrogens with zero attached hydrogens (tertiary/aromatic N) is 4. The molecule has 0 aromatic carbocycles. The van der Waals surface area contributed by atoms with Gasteiger partial charge >= 0.3 is 0 Å². The Balaban J connectivity index is 2.39. The van der Waals surface area contributed by atoms with Crippen LogP contribution in [-0.4, -0.2) is 19.7 Å². The van der Waals surface area contributed by atoms with Gasteiger partial charge in [-0.2, -0.15) is 5.10 Å². The SMILES string of the molecule is Cc1cc(-n2cc(CN)cn2)ncn1. The normalized spacial score (nSPS) is 10.4. The fraction of sp³-hybridized carbons (Fsp3) is 0.222. The van der Waals surface area contributed by atoms with Gasteiger partial charge in [0.15, 0.2) is 5.82 Å². The molecule has 2 aromatic heterocycles. The van der Waals surface area contributed by atoms with E-state index in [0.29, 0.717) is 6.54 Å². The van der Waals surface area contributed by atoms with Gasteiger partial charge in [-0.25, -0.2) is 14.6 Å². The maximum Gasteiger partial charge on any atom is 0.156 e. The molecule has 0 aliphatic carbocycles. The van der Waals surface area contributed by atoms with Crippen LogP contribution in [-0.2, 0) is 6.54 Å². The van der Waals surface area contributed by atoms with E-state index in [4.69, 9.17) is 5.73 Å². The van der Waals surface area contributed by atoms with Crippen LogP contribution in [0.15, 0.2) is 24.8 Å². The highest BCUT2D eigenvalue weighted by Crippen LogP contribution is 2.04. The molecule has 0 radical (unpaired) electrons. The number of aryl methyl sites for hydroxylation is 1. The van der Waals surface area contributed by atoms with E-state index in [9.17, 15) is 0 Å². The van der Waals surface area contributed by atoms with Crippen molar-refractivity contribution in [2.24, 2.45) is 5.73 Å². The number of aromatic nitrogens is 4.